The molecule has 0 amide bonds. The van der Waals surface area contributed by atoms with E-state index in [1.165, 1.54) is 12.8 Å². The van der Waals surface area contributed by atoms with E-state index >= 15 is 0 Å². The number of rotatable bonds is 0. The molecule has 0 aromatic rings. The number of fused-ring (bicyclic) bond motifs is 3. The van der Waals surface area contributed by atoms with Gasteiger partial charge in [-0.1, -0.05) is 0 Å². The lowest BCUT2D eigenvalue weighted by Crippen LogP contribution is -2.30. The van der Waals surface area contributed by atoms with Gasteiger partial charge in [0.2, 0.25) is 0 Å². The zero-order valence-corrected chi connectivity index (χ0v) is 6.53. The molecule has 3 atom stereocenters. The maximum absolute atomic E-state index is 5.72. The third-order valence-electron chi connectivity index (χ3n) is 2.98. The molecule has 0 radical (unpaired) electrons. The number of hydrogen-bond donors (Lipinski definition) is 0. The molecule has 3 rings (SSSR count). The Balaban J connectivity index is 1.84. The Labute approximate surface area is 66.2 Å². The van der Waals surface area contributed by atoms with Crippen LogP contribution in [-0.4, -0.2) is 36.5 Å². The van der Waals surface area contributed by atoms with Gasteiger partial charge in [0, 0.05) is 19.6 Å². The van der Waals surface area contributed by atoms with Crippen LogP contribution in [0.2, 0.25) is 0 Å². The molecule has 0 N–H and O–H groups in total. The first-order chi connectivity index (χ1) is 5.45. The van der Waals surface area contributed by atoms with Crippen molar-refractivity contribution in [1.29, 1.82) is 0 Å². The summed E-state index contributed by atoms with van der Waals surface area (Å²) in [6, 6.07) is 0.586. The monoisotopic (exact) mass is 155 g/mol. The fraction of sp³-hybridized carbons (Fsp3) is 1.00. The summed E-state index contributed by atoms with van der Waals surface area (Å²) in [7, 11) is 0. The van der Waals surface area contributed by atoms with E-state index in [-0.39, 0.29) is 0 Å². The highest BCUT2D eigenvalue weighted by atomic mass is 16.7. The molecular weight excluding hydrogens is 142 g/mol. The van der Waals surface area contributed by atoms with E-state index in [0.717, 1.165) is 19.6 Å². The Hall–Kier alpha value is -0.120. The molecule has 0 aliphatic carbocycles. The molecule has 3 fully saturated rings. The van der Waals surface area contributed by atoms with Gasteiger partial charge in [0.25, 0.3) is 0 Å². The fourth-order valence-corrected chi connectivity index (χ4v) is 2.46. The summed E-state index contributed by atoms with van der Waals surface area (Å²) in [5.41, 5.74) is 0. The molecule has 3 saturated heterocycles. The van der Waals surface area contributed by atoms with Crippen LogP contribution in [0.4, 0.5) is 0 Å². The van der Waals surface area contributed by atoms with Crippen molar-refractivity contribution in [2.75, 3.05) is 13.2 Å². The molecule has 3 heterocycles. The van der Waals surface area contributed by atoms with Gasteiger partial charge < -0.3 is 4.74 Å². The average molecular weight is 155 g/mol. The Bertz CT molecular complexity index is 155. The summed E-state index contributed by atoms with van der Waals surface area (Å²) < 4.78 is 5.62. The molecule has 3 heteroatoms. The molecule has 3 aliphatic heterocycles. The highest BCUT2D eigenvalue weighted by Gasteiger charge is 2.48. The number of ether oxygens (including phenoxy) is 1. The highest BCUT2D eigenvalue weighted by Crippen LogP contribution is 2.36. The zero-order chi connectivity index (χ0) is 7.26. The molecule has 11 heavy (non-hydrogen) atoms. The van der Waals surface area contributed by atoms with Crippen LogP contribution >= 0.6 is 0 Å². The van der Waals surface area contributed by atoms with Crippen LogP contribution in [0.25, 0.3) is 0 Å². The SMILES string of the molecule is C1C[C@H]2[C@H]3OCC[C@H]3ON2C1. The maximum Gasteiger partial charge on any atom is 0.109 e. The normalized spacial score (nSPS) is 49.6. The summed E-state index contributed by atoms with van der Waals surface area (Å²) in [6.07, 6.45) is 4.42. The molecule has 0 aromatic heterocycles. The number of hydrogen-bond acceptors (Lipinski definition) is 3. The largest absolute Gasteiger partial charge is 0.374 e. The Morgan fingerprint density at radius 1 is 1.27 bits per heavy atom. The van der Waals surface area contributed by atoms with Crippen molar-refractivity contribution in [1.82, 2.24) is 5.06 Å². The first-order valence-electron chi connectivity index (χ1n) is 4.50. The van der Waals surface area contributed by atoms with Crippen LogP contribution in [0.15, 0.2) is 0 Å². The topological polar surface area (TPSA) is 21.7 Å². The summed E-state index contributed by atoms with van der Waals surface area (Å²) in [4.78, 5) is 5.72. The fourth-order valence-electron chi connectivity index (χ4n) is 2.46. The van der Waals surface area contributed by atoms with Gasteiger partial charge in [-0.25, -0.2) is 0 Å². The molecule has 3 nitrogen and oxygen atoms in total. The van der Waals surface area contributed by atoms with Crippen molar-refractivity contribution in [2.45, 2.75) is 37.5 Å². The van der Waals surface area contributed by atoms with Gasteiger partial charge in [-0.05, 0) is 12.8 Å². The van der Waals surface area contributed by atoms with Crippen LogP contribution < -0.4 is 0 Å². The quantitative estimate of drug-likeness (QED) is 0.510. The Morgan fingerprint density at radius 2 is 2.27 bits per heavy atom. The maximum atomic E-state index is 5.72. The van der Waals surface area contributed by atoms with E-state index in [2.05, 4.69) is 5.06 Å². The summed E-state index contributed by atoms with van der Waals surface area (Å²) >= 11 is 0. The highest BCUT2D eigenvalue weighted by molar-refractivity contribution is 4.94. The van der Waals surface area contributed by atoms with Crippen LogP contribution in [0.3, 0.4) is 0 Å². The van der Waals surface area contributed by atoms with Gasteiger partial charge >= 0.3 is 0 Å². The van der Waals surface area contributed by atoms with Crippen LogP contribution in [0, 0.1) is 0 Å². The molecule has 0 bridgehead atoms. The van der Waals surface area contributed by atoms with Gasteiger partial charge in [-0.3, -0.25) is 4.84 Å². The van der Waals surface area contributed by atoms with Gasteiger partial charge in [-0.2, -0.15) is 5.06 Å². The van der Waals surface area contributed by atoms with E-state index in [4.69, 9.17) is 9.57 Å². The van der Waals surface area contributed by atoms with E-state index < -0.39 is 0 Å². The van der Waals surface area contributed by atoms with Gasteiger partial charge in [0.05, 0.1) is 6.04 Å². The van der Waals surface area contributed by atoms with Crippen LogP contribution in [-0.2, 0) is 9.57 Å². The van der Waals surface area contributed by atoms with Crippen molar-refractivity contribution >= 4 is 0 Å². The van der Waals surface area contributed by atoms with E-state index in [1.54, 1.807) is 0 Å². The third-order valence-corrected chi connectivity index (χ3v) is 2.98. The first-order valence-corrected chi connectivity index (χ1v) is 4.50. The molecule has 62 valence electrons. The molecule has 0 unspecified atom stereocenters. The number of hydroxylamine groups is 2. The molecule has 0 saturated carbocycles. The summed E-state index contributed by atoms with van der Waals surface area (Å²) in [6.45, 7) is 2.01. The minimum absolute atomic E-state index is 0.389. The Kier molecular flexibility index (Phi) is 1.27. The summed E-state index contributed by atoms with van der Waals surface area (Å²) in [5, 5.41) is 2.13. The van der Waals surface area contributed by atoms with Crippen molar-refractivity contribution < 1.29 is 9.57 Å². The van der Waals surface area contributed by atoms with Crippen molar-refractivity contribution in [3.05, 3.63) is 0 Å². The standard InChI is InChI=1S/C8H13NO2/c1-2-6-8-7(3-5-10-8)11-9(6)4-1/h6-8H,1-5H2/t6-,7+,8+/m0/s1. The Morgan fingerprint density at radius 3 is 3.27 bits per heavy atom. The van der Waals surface area contributed by atoms with E-state index in [0.29, 0.717) is 18.2 Å². The van der Waals surface area contributed by atoms with Gasteiger partial charge in [0.15, 0.2) is 0 Å². The minimum atomic E-state index is 0.389. The smallest absolute Gasteiger partial charge is 0.109 e. The minimum Gasteiger partial charge on any atom is -0.374 e. The summed E-state index contributed by atoms with van der Waals surface area (Å²) in [5.74, 6) is 0. The second-order valence-corrected chi connectivity index (χ2v) is 3.62. The van der Waals surface area contributed by atoms with Crippen LogP contribution in [0.1, 0.15) is 19.3 Å². The lowest BCUT2D eigenvalue weighted by molar-refractivity contribution is -0.147. The molecule has 0 aromatic carbocycles. The van der Waals surface area contributed by atoms with E-state index in [9.17, 15) is 0 Å². The van der Waals surface area contributed by atoms with Crippen molar-refractivity contribution in [3.63, 3.8) is 0 Å². The average Bonchev–Trinajstić information content (AvgIpc) is 2.52. The second-order valence-electron chi connectivity index (χ2n) is 3.62. The lowest BCUT2D eigenvalue weighted by atomic mass is 10.1. The predicted octanol–water partition coefficient (Wildman–Crippen LogP) is 0.554. The first kappa shape index (κ1) is 6.40. The number of nitrogens with zero attached hydrogens (tertiary/aromatic N) is 1. The van der Waals surface area contributed by atoms with Gasteiger partial charge in [-0.15, -0.1) is 0 Å². The van der Waals surface area contributed by atoms with E-state index in [1.807, 2.05) is 0 Å². The molecular formula is C8H13NO2. The van der Waals surface area contributed by atoms with Crippen molar-refractivity contribution in [3.8, 4) is 0 Å². The molecule has 0 spiro atoms. The van der Waals surface area contributed by atoms with Crippen molar-refractivity contribution in [2.24, 2.45) is 0 Å². The lowest BCUT2D eigenvalue weighted by Gasteiger charge is -2.15. The second kappa shape index (κ2) is 2.19. The van der Waals surface area contributed by atoms with Gasteiger partial charge in [0.1, 0.15) is 12.2 Å². The van der Waals surface area contributed by atoms with Crippen LogP contribution in [0.5, 0.6) is 0 Å². The predicted molar refractivity (Wildman–Crippen MR) is 39.0 cm³/mol. The zero-order valence-electron chi connectivity index (χ0n) is 6.53. The molecule has 3 aliphatic rings. The third kappa shape index (κ3) is 0.789.